The van der Waals surface area contributed by atoms with Gasteiger partial charge in [0.1, 0.15) is 12.4 Å². The molecule has 0 saturated heterocycles. The summed E-state index contributed by atoms with van der Waals surface area (Å²) in [4.78, 5) is 1.25. The summed E-state index contributed by atoms with van der Waals surface area (Å²) in [6.45, 7) is 4.89. The minimum Gasteiger partial charge on any atom is -0.488 e. The smallest absolute Gasteiger partial charge is 0.122 e. The van der Waals surface area contributed by atoms with Crippen molar-refractivity contribution < 1.29 is 4.74 Å². The number of benzene rings is 1. The van der Waals surface area contributed by atoms with E-state index < -0.39 is 0 Å². The molecule has 0 aliphatic carbocycles. The van der Waals surface area contributed by atoms with Gasteiger partial charge in [-0.3, -0.25) is 0 Å². The van der Waals surface area contributed by atoms with E-state index >= 15 is 0 Å². The van der Waals surface area contributed by atoms with Gasteiger partial charge in [0.25, 0.3) is 0 Å². The molecule has 1 aromatic heterocycles. The van der Waals surface area contributed by atoms with Gasteiger partial charge in [-0.25, -0.2) is 0 Å². The third kappa shape index (κ3) is 5.95. The Bertz CT molecular complexity index is 456. The van der Waals surface area contributed by atoms with Crippen molar-refractivity contribution in [3.63, 3.8) is 0 Å². The molecule has 0 saturated carbocycles. The highest BCUT2D eigenvalue weighted by atomic mass is 35.5. The van der Waals surface area contributed by atoms with Gasteiger partial charge in [0, 0.05) is 11.4 Å². The summed E-state index contributed by atoms with van der Waals surface area (Å²) >= 11 is 1.73. The van der Waals surface area contributed by atoms with E-state index in [4.69, 9.17) is 4.74 Å². The maximum Gasteiger partial charge on any atom is 0.122 e. The molecular weight excluding hydrogens is 290 g/mol. The highest BCUT2D eigenvalue weighted by molar-refractivity contribution is 7.09. The van der Waals surface area contributed by atoms with Crippen molar-refractivity contribution in [3.05, 3.63) is 52.2 Å². The molecule has 20 heavy (non-hydrogen) atoms. The number of nitrogens with one attached hydrogen (secondary N) is 1. The Morgan fingerprint density at radius 3 is 2.60 bits per heavy atom. The lowest BCUT2D eigenvalue weighted by molar-refractivity contribution is 0.309. The van der Waals surface area contributed by atoms with Gasteiger partial charge >= 0.3 is 0 Å². The summed E-state index contributed by atoms with van der Waals surface area (Å²) in [7, 11) is 0. The Balaban J connectivity index is 0.00000200. The lowest BCUT2D eigenvalue weighted by Gasteiger charge is -2.07. The third-order valence-corrected chi connectivity index (χ3v) is 3.77. The van der Waals surface area contributed by atoms with E-state index in [0.29, 0.717) is 6.61 Å². The molecule has 0 unspecified atom stereocenters. The first-order chi connectivity index (χ1) is 9.38. The minimum atomic E-state index is 0. The number of rotatable bonds is 8. The van der Waals surface area contributed by atoms with Gasteiger partial charge in [-0.2, -0.15) is 0 Å². The zero-order valence-corrected chi connectivity index (χ0v) is 13.4. The lowest BCUT2D eigenvalue weighted by Crippen LogP contribution is -2.14. The molecule has 0 radical (unpaired) electrons. The van der Waals surface area contributed by atoms with Gasteiger partial charge in [0.15, 0.2) is 0 Å². The van der Waals surface area contributed by atoms with Crippen LogP contribution in [0.5, 0.6) is 5.75 Å². The van der Waals surface area contributed by atoms with Crippen molar-refractivity contribution in [1.29, 1.82) is 0 Å². The SMILES string of the molecule is CCCCNCc1ccc(OCc2cccs2)cc1.Cl. The molecular formula is C16H22ClNOS. The molecule has 0 amide bonds. The summed E-state index contributed by atoms with van der Waals surface area (Å²) < 4.78 is 5.74. The van der Waals surface area contributed by atoms with Crippen LogP contribution >= 0.6 is 23.7 Å². The zero-order valence-electron chi connectivity index (χ0n) is 11.8. The second-order valence-electron chi connectivity index (χ2n) is 4.54. The van der Waals surface area contributed by atoms with Gasteiger partial charge in [-0.1, -0.05) is 31.5 Å². The maximum atomic E-state index is 5.74. The molecule has 110 valence electrons. The summed E-state index contributed by atoms with van der Waals surface area (Å²) in [5.41, 5.74) is 1.31. The Labute approximate surface area is 131 Å². The molecule has 1 N–H and O–H groups in total. The predicted molar refractivity (Wildman–Crippen MR) is 89.0 cm³/mol. The first-order valence-corrected chi connectivity index (χ1v) is 7.71. The van der Waals surface area contributed by atoms with Crippen molar-refractivity contribution in [2.75, 3.05) is 6.54 Å². The van der Waals surface area contributed by atoms with Gasteiger partial charge < -0.3 is 10.1 Å². The summed E-state index contributed by atoms with van der Waals surface area (Å²) in [5.74, 6) is 0.936. The number of unbranched alkanes of at least 4 members (excludes halogenated alkanes) is 1. The second kappa shape index (κ2) is 9.81. The zero-order chi connectivity index (χ0) is 13.3. The van der Waals surface area contributed by atoms with E-state index in [2.05, 4.69) is 41.9 Å². The predicted octanol–water partition coefficient (Wildman–Crippen LogP) is 4.64. The first kappa shape index (κ1) is 17.0. The number of hydrogen-bond acceptors (Lipinski definition) is 3. The van der Waals surface area contributed by atoms with Crippen LogP contribution in [0.4, 0.5) is 0 Å². The van der Waals surface area contributed by atoms with E-state index in [0.717, 1.165) is 18.8 Å². The van der Waals surface area contributed by atoms with Gasteiger partial charge in [0.2, 0.25) is 0 Å². The van der Waals surface area contributed by atoms with Crippen molar-refractivity contribution in [1.82, 2.24) is 5.32 Å². The molecule has 0 atom stereocenters. The van der Waals surface area contributed by atoms with E-state index in [1.165, 1.54) is 23.3 Å². The molecule has 2 nitrogen and oxygen atoms in total. The lowest BCUT2D eigenvalue weighted by atomic mass is 10.2. The summed E-state index contributed by atoms with van der Waals surface area (Å²) in [6.07, 6.45) is 2.48. The van der Waals surface area contributed by atoms with Crippen LogP contribution in [0.15, 0.2) is 41.8 Å². The van der Waals surface area contributed by atoms with E-state index in [9.17, 15) is 0 Å². The van der Waals surface area contributed by atoms with Crippen LogP contribution in [0.25, 0.3) is 0 Å². The molecule has 0 aliphatic rings. The largest absolute Gasteiger partial charge is 0.488 e. The molecule has 0 fully saturated rings. The molecule has 2 aromatic rings. The molecule has 0 bridgehead atoms. The minimum absolute atomic E-state index is 0. The van der Waals surface area contributed by atoms with Gasteiger partial charge in [0.05, 0.1) is 0 Å². The van der Waals surface area contributed by atoms with Crippen LogP contribution in [0.3, 0.4) is 0 Å². The summed E-state index contributed by atoms with van der Waals surface area (Å²) in [5, 5.41) is 5.51. The number of halogens is 1. The molecule has 1 heterocycles. The average Bonchev–Trinajstić information content (AvgIpc) is 2.96. The van der Waals surface area contributed by atoms with Crippen molar-refractivity contribution in [3.8, 4) is 5.75 Å². The van der Waals surface area contributed by atoms with Crippen LogP contribution in [-0.2, 0) is 13.2 Å². The van der Waals surface area contributed by atoms with Gasteiger partial charge in [-0.05, 0) is 42.1 Å². The number of thiophene rings is 1. The maximum absolute atomic E-state index is 5.74. The fourth-order valence-corrected chi connectivity index (χ4v) is 2.40. The fourth-order valence-electron chi connectivity index (χ4n) is 1.79. The second-order valence-corrected chi connectivity index (χ2v) is 5.57. The van der Waals surface area contributed by atoms with Crippen LogP contribution < -0.4 is 10.1 Å². The average molecular weight is 312 g/mol. The molecule has 0 aliphatic heterocycles. The fraction of sp³-hybridized carbons (Fsp3) is 0.375. The van der Waals surface area contributed by atoms with E-state index in [-0.39, 0.29) is 12.4 Å². The normalized spacial score (nSPS) is 10.1. The van der Waals surface area contributed by atoms with Crippen LogP contribution in [-0.4, -0.2) is 6.54 Å². The van der Waals surface area contributed by atoms with Crippen molar-refractivity contribution in [2.45, 2.75) is 32.9 Å². The monoisotopic (exact) mass is 311 g/mol. The molecule has 0 spiro atoms. The van der Waals surface area contributed by atoms with Crippen molar-refractivity contribution in [2.24, 2.45) is 0 Å². The summed E-state index contributed by atoms with van der Waals surface area (Å²) in [6, 6.07) is 12.5. The topological polar surface area (TPSA) is 21.3 Å². The third-order valence-electron chi connectivity index (χ3n) is 2.92. The molecule has 4 heteroatoms. The molecule has 1 aromatic carbocycles. The van der Waals surface area contributed by atoms with Crippen molar-refractivity contribution >= 4 is 23.7 Å². The highest BCUT2D eigenvalue weighted by Gasteiger charge is 1.98. The Kier molecular flexibility index (Phi) is 8.35. The van der Waals surface area contributed by atoms with Crippen LogP contribution in [0.2, 0.25) is 0 Å². The Hall–Kier alpha value is -1.03. The van der Waals surface area contributed by atoms with Crippen LogP contribution in [0, 0.1) is 0 Å². The molecule has 2 rings (SSSR count). The Morgan fingerprint density at radius 2 is 1.95 bits per heavy atom. The van der Waals surface area contributed by atoms with E-state index in [1.54, 1.807) is 11.3 Å². The quantitative estimate of drug-likeness (QED) is 0.717. The van der Waals surface area contributed by atoms with Crippen LogP contribution in [0.1, 0.15) is 30.2 Å². The number of hydrogen-bond donors (Lipinski definition) is 1. The number of ether oxygens (including phenoxy) is 1. The first-order valence-electron chi connectivity index (χ1n) is 6.83. The highest BCUT2D eigenvalue weighted by Crippen LogP contribution is 2.16. The Morgan fingerprint density at radius 1 is 1.15 bits per heavy atom. The standard InChI is InChI=1S/C16H21NOS.ClH/c1-2-3-10-17-12-14-6-8-15(9-7-14)18-13-16-5-4-11-19-16;/h4-9,11,17H,2-3,10,12-13H2,1H3;1H. The van der Waals surface area contributed by atoms with Gasteiger partial charge in [-0.15, -0.1) is 23.7 Å². The van der Waals surface area contributed by atoms with E-state index in [1.807, 2.05) is 12.1 Å².